The molecule has 26 heavy (non-hydrogen) atoms. The molecule has 0 spiro atoms. The van der Waals surface area contributed by atoms with Crippen LogP contribution in [-0.2, 0) is 16.1 Å². The molecule has 6 nitrogen and oxygen atoms in total. The number of nitrogens with zero attached hydrogens (tertiary/aromatic N) is 1. The van der Waals surface area contributed by atoms with Gasteiger partial charge in [0.15, 0.2) is 0 Å². The number of para-hydroxylation sites is 1. The van der Waals surface area contributed by atoms with E-state index in [9.17, 15) is 14.4 Å². The Bertz CT molecular complexity index is 953. The summed E-state index contributed by atoms with van der Waals surface area (Å²) in [5.74, 6) is -1.81. The lowest BCUT2D eigenvalue weighted by Gasteiger charge is -2.12. The number of amides is 2. The standard InChI is InChI=1S/C20H16N2O4/c23-18(11-5-7-14-12-13-6-1-4-10-17(13)21-14)26-22-19(24)15-8-2-3-9-16(15)20(22)25/h1-4,6,8-10,12,21H,5,7,11H2. The van der Waals surface area contributed by atoms with Crippen LogP contribution in [0.2, 0.25) is 0 Å². The van der Waals surface area contributed by atoms with Gasteiger partial charge >= 0.3 is 5.97 Å². The Morgan fingerprint density at radius 3 is 2.31 bits per heavy atom. The van der Waals surface area contributed by atoms with Gasteiger partial charge in [0, 0.05) is 17.6 Å². The van der Waals surface area contributed by atoms with Gasteiger partial charge in [-0.25, -0.2) is 4.79 Å². The average Bonchev–Trinajstić information content (AvgIpc) is 3.16. The van der Waals surface area contributed by atoms with Crippen LogP contribution in [0.1, 0.15) is 39.3 Å². The van der Waals surface area contributed by atoms with Crippen molar-refractivity contribution in [1.29, 1.82) is 0 Å². The number of hydroxylamine groups is 2. The van der Waals surface area contributed by atoms with E-state index in [1.165, 1.54) is 0 Å². The second kappa shape index (κ2) is 6.48. The molecule has 4 rings (SSSR count). The predicted molar refractivity (Wildman–Crippen MR) is 94.3 cm³/mol. The molecule has 2 amide bonds. The highest BCUT2D eigenvalue weighted by atomic mass is 16.7. The van der Waals surface area contributed by atoms with Crippen molar-refractivity contribution in [2.24, 2.45) is 0 Å². The first-order valence-electron chi connectivity index (χ1n) is 8.39. The van der Waals surface area contributed by atoms with Crippen LogP contribution in [0, 0.1) is 0 Å². The summed E-state index contributed by atoms with van der Waals surface area (Å²) in [7, 11) is 0. The summed E-state index contributed by atoms with van der Waals surface area (Å²) >= 11 is 0. The molecule has 0 aliphatic carbocycles. The molecule has 2 aromatic carbocycles. The van der Waals surface area contributed by atoms with Gasteiger partial charge in [-0.3, -0.25) is 9.59 Å². The predicted octanol–water partition coefficient (Wildman–Crippen LogP) is 3.25. The van der Waals surface area contributed by atoms with Crippen LogP contribution < -0.4 is 0 Å². The normalized spacial score (nSPS) is 13.3. The van der Waals surface area contributed by atoms with E-state index in [0.717, 1.165) is 16.6 Å². The van der Waals surface area contributed by atoms with Gasteiger partial charge in [-0.05, 0) is 42.5 Å². The van der Waals surface area contributed by atoms with Gasteiger partial charge in [0.1, 0.15) is 0 Å². The Hall–Kier alpha value is -3.41. The number of fused-ring (bicyclic) bond motifs is 2. The van der Waals surface area contributed by atoms with Crippen LogP contribution in [-0.4, -0.2) is 27.8 Å². The first kappa shape index (κ1) is 16.1. The van der Waals surface area contributed by atoms with Crippen molar-refractivity contribution >= 4 is 28.7 Å². The number of hydrogen-bond donors (Lipinski definition) is 1. The summed E-state index contributed by atoms with van der Waals surface area (Å²) in [6, 6.07) is 16.4. The lowest BCUT2D eigenvalue weighted by molar-refractivity contribution is -0.168. The number of carbonyl (C=O) groups excluding carboxylic acids is 3. The molecular formula is C20H16N2O4. The average molecular weight is 348 g/mol. The van der Waals surface area contributed by atoms with Crippen LogP contribution >= 0.6 is 0 Å². The highest BCUT2D eigenvalue weighted by Crippen LogP contribution is 2.23. The van der Waals surface area contributed by atoms with Crippen molar-refractivity contribution in [3.63, 3.8) is 0 Å². The molecule has 0 bridgehead atoms. The van der Waals surface area contributed by atoms with Crippen molar-refractivity contribution < 1.29 is 19.2 Å². The summed E-state index contributed by atoms with van der Waals surface area (Å²) in [5, 5.41) is 1.67. The minimum absolute atomic E-state index is 0.114. The third-order valence-corrected chi connectivity index (χ3v) is 4.36. The number of H-pyrrole nitrogens is 1. The third kappa shape index (κ3) is 2.86. The second-order valence-corrected chi connectivity index (χ2v) is 6.15. The van der Waals surface area contributed by atoms with Crippen molar-refractivity contribution in [2.45, 2.75) is 19.3 Å². The highest BCUT2D eigenvalue weighted by Gasteiger charge is 2.38. The maximum atomic E-state index is 12.2. The van der Waals surface area contributed by atoms with E-state index >= 15 is 0 Å². The van der Waals surface area contributed by atoms with Crippen LogP contribution in [0.5, 0.6) is 0 Å². The number of aryl methyl sites for hydroxylation is 1. The number of benzene rings is 2. The maximum Gasteiger partial charge on any atom is 0.333 e. The first-order valence-corrected chi connectivity index (χ1v) is 8.39. The summed E-state index contributed by atoms with van der Waals surface area (Å²) in [5.41, 5.74) is 2.59. The fourth-order valence-corrected chi connectivity index (χ4v) is 3.09. The van der Waals surface area contributed by atoms with E-state index in [1.807, 2.05) is 30.3 Å². The van der Waals surface area contributed by atoms with Crippen LogP contribution in [0.3, 0.4) is 0 Å². The minimum atomic E-state index is -0.602. The molecule has 0 saturated heterocycles. The number of rotatable bonds is 5. The number of hydrogen-bond acceptors (Lipinski definition) is 4. The van der Waals surface area contributed by atoms with Crippen molar-refractivity contribution in [2.75, 3.05) is 0 Å². The van der Waals surface area contributed by atoms with Gasteiger partial charge < -0.3 is 9.82 Å². The van der Waals surface area contributed by atoms with E-state index in [1.54, 1.807) is 24.3 Å². The summed E-state index contributed by atoms with van der Waals surface area (Å²) in [4.78, 5) is 44.6. The van der Waals surface area contributed by atoms with E-state index < -0.39 is 17.8 Å². The molecule has 0 saturated carbocycles. The molecule has 130 valence electrons. The Kier molecular flexibility index (Phi) is 4.01. The Labute approximate surface area is 149 Å². The molecule has 3 aromatic rings. The Balaban J connectivity index is 1.33. The molecule has 6 heteroatoms. The zero-order valence-corrected chi connectivity index (χ0v) is 13.9. The van der Waals surface area contributed by atoms with Gasteiger partial charge in [-0.15, -0.1) is 0 Å². The highest BCUT2D eigenvalue weighted by molar-refractivity contribution is 6.20. The van der Waals surface area contributed by atoms with Crippen molar-refractivity contribution in [1.82, 2.24) is 10.0 Å². The summed E-state index contributed by atoms with van der Waals surface area (Å²) < 4.78 is 0. The van der Waals surface area contributed by atoms with Crippen LogP contribution in [0.15, 0.2) is 54.6 Å². The lowest BCUT2D eigenvalue weighted by atomic mass is 10.1. The number of aromatic amines is 1. The number of nitrogens with one attached hydrogen (secondary N) is 1. The molecule has 1 aliphatic rings. The molecule has 1 aromatic heterocycles. The number of aromatic nitrogens is 1. The van der Waals surface area contributed by atoms with Crippen LogP contribution in [0.25, 0.3) is 10.9 Å². The molecule has 1 aliphatic heterocycles. The number of imide groups is 1. The van der Waals surface area contributed by atoms with E-state index in [4.69, 9.17) is 4.84 Å². The van der Waals surface area contributed by atoms with Gasteiger partial charge in [0.05, 0.1) is 11.1 Å². The smallest absolute Gasteiger partial charge is 0.333 e. The largest absolute Gasteiger partial charge is 0.358 e. The number of carbonyl (C=O) groups is 3. The van der Waals surface area contributed by atoms with Gasteiger partial charge in [-0.1, -0.05) is 35.4 Å². The topological polar surface area (TPSA) is 79.5 Å². The molecule has 1 N–H and O–H groups in total. The van der Waals surface area contributed by atoms with E-state index in [2.05, 4.69) is 4.98 Å². The van der Waals surface area contributed by atoms with Crippen molar-refractivity contribution in [3.8, 4) is 0 Å². The molecular weight excluding hydrogens is 332 g/mol. The zero-order valence-electron chi connectivity index (χ0n) is 13.9. The molecule has 0 fully saturated rings. The fraction of sp³-hybridized carbons (Fsp3) is 0.150. The zero-order chi connectivity index (χ0) is 18.1. The summed E-state index contributed by atoms with van der Waals surface area (Å²) in [6.07, 6.45) is 1.34. The summed E-state index contributed by atoms with van der Waals surface area (Å²) in [6.45, 7) is 0. The fourth-order valence-electron chi connectivity index (χ4n) is 3.09. The monoisotopic (exact) mass is 348 g/mol. The Morgan fingerprint density at radius 2 is 1.62 bits per heavy atom. The minimum Gasteiger partial charge on any atom is -0.358 e. The van der Waals surface area contributed by atoms with Gasteiger partial charge in [0.2, 0.25) is 0 Å². The first-order chi connectivity index (χ1) is 12.6. The Morgan fingerprint density at radius 1 is 0.962 bits per heavy atom. The molecule has 2 heterocycles. The third-order valence-electron chi connectivity index (χ3n) is 4.36. The lowest BCUT2D eigenvalue weighted by Crippen LogP contribution is -2.32. The molecule has 0 atom stereocenters. The van der Waals surface area contributed by atoms with Gasteiger partial charge in [0.25, 0.3) is 11.8 Å². The quantitative estimate of drug-likeness (QED) is 0.718. The van der Waals surface area contributed by atoms with E-state index in [0.29, 0.717) is 17.9 Å². The maximum absolute atomic E-state index is 12.2. The molecule has 0 radical (unpaired) electrons. The SMILES string of the molecule is O=C(CCCc1cc2ccccc2[nH]1)ON1C(=O)c2ccccc2C1=O. The van der Waals surface area contributed by atoms with E-state index in [-0.39, 0.29) is 17.5 Å². The van der Waals surface area contributed by atoms with Crippen LogP contribution in [0.4, 0.5) is 0 Å². The van der Waals surface area contributed by atoms with Crippen molar-refractivity contribution in [3.05, 3.63) is 71.4 Å². The van der Waals surface area contributed by atoms with Gasteiger partial charge in [-0.2, -0.15) is 0 Å². The second-order valence-electron chi connectivity index (χ2n) is 6.15. The molecule has 0 unspecified atom stereocenters.